The van der Waals surface area contributed by atoms with Crippen LogP contribution < -0.4 is 5.56 Å². The minimum absolute atomic E-state index is 0.0603. The van der Waals surface area contributed by atoms with Gasteiger partial charge in [0.2, 0.25) is 0 Å². The zero-order valence-electron chi connectivity index (χ0n) is 16.3. The summed E-state index contributed by atoms with van der Waals surface area (Å²) >= 11 is 6.00. The maximum atomic E-state index is 13.2. The van der Waals surface area contributed by atoms with Gasteiger partial charge in [-0.15, -0.1) is 0 Å². The molecule has 0 saturated carbocycles. The number of pyridine rings is 1. The number of carbonyl (C=O) groups excluding carboxylic acids is 2. The van der Waals surface area contributed by atoms with Crippen LogP contribution in [0.4, 0.5) is 4.39 Å². The molecule has 1 aromatic heterocycles. The van der Waals surface area contributed by atoms with Crippen LogP contribution in [0.2, 0.25) is 5.02 Å². The summed E-state index contributed by atoms with van der Waals surface area (Å²) in [5.41, 5.74) is 1.02. The number of halogens is 2. The van der Waals surface area contributed by atoms with Gasteiger partial charge in [0.25, 0.3) is 17.4 Å². The number of para-hydroxylation sites is 1. The van der Waals surface area contributed by atoms with Gasteiger partial charge in [0.05, 0.1) is 21.7 Å². The lowest BCUT2D eigenvalue weighted by atomic mass is 10.1. The van der Waals surface area contributed by atoms with Crippen LogP contribution >= 0.6 is 11.6 Å². The summed E-state index contributed by atoms with van der Waals surface area (Å²) in [6, 6.07) is 12.3. The number of aromatic nitrogens is 1. The van der Waals surface area contributed by atoms with Crippen LogP contribution in [-0.2, 0) is 7.05 Å². The van der Waals surface area contributed by atoms with Gasteiger partial charge in [0.15, 0.2) is 0 Å². The highest BCUT2D eigenvalue weighted by atomic mass is 35.5. The number of piperazine rings is 1. The van der Waals surface area contributed by atoms with E-state index in [4.69, 9.17) is 11.6 Å². The van der Waals surface area contributed by atoms with Crippen molar-refractivity contribution in [2.45, 2.75) is 0 Å². The Morgan fingerprint density at radius 1 is 0.900 bits per heavy atom. The fraction of sp³-hybridized carbons (Fsp3) is 0.227. The molecule has 1 aliphatic rings. The van der Waals surface area contributed by atoms with Gasteiger partial charge in [-0.05, 0) is 24.3 Å². The van der Waals surface area contributed by atoms with Gasteiger partial charge >= 0.3 is 0 Å². The second kappa shape index (κ2) is 7.91. The molecule has 3 aromatic rings. The fourth-order valence-electron chi connectivity index (χ4n) is 3.70. The Labute approximate surface area is 177 Å². The first-order valence-corrected chi connectivity index (χ1v) is 9.87. The molecule has 2 amide bonds. The molecule has 30 heavy (non-hydrogen) atoms. The molecule has 8 heteroatoms. The van der Waals surface area contributed by atoms with Gasteiger partial charge in [-0.1, -0.05) is 29.8 Å². The Hall–Kier alpha value is -3.19. The lowest BCUT2D eigenvalue weighted by Gasteiger charge is -2.35. The predicted molar refractivity (Wildman–Crippen MR) is 112 cm³/mol. The maximum absolute atomic E-state index is 13.2. The Balaban J connectivity index is 1.53. The van der Waals surface area contributed by atoms with Crippen molar-refractivity contribution in [2.24, 2.45) is 7.05 Å². The highest BCUT2D eigenvalue weighted by Crippen LogP contribution is 2.22. The molecule has 0 radical (unpaired) electrons. The van der Waals surface area contributed by atoms with Crippen LogP contribution in [0.1, 0.15) is 20.7 Å². The van der Waals surface area contributed by atoms with Crippen molar-refractivity contribution in [2.75, 3.05) is 26.2 Å². The van der Waals surface area contributed by atoms with Crippen LogP contribution in [0, 0.1) is 5.82 Å². The molecule has 0 spiro atoms. The summed E-state index contributed by atoms with van der Waals surface area (Å²) in [5, 5.41) is 0.770. The van der Waals surface area contributed by atoms with E-state index in [-0.39, 0.29) is 28.0 Å². The smallest absolute Gasteiger partial charge is 0.255 e. The number of benzene rings is 2. The summed E-state index contributed by atoms with van der Waals surface area (Å²) in [6.45, 7) is 1.29. The third-order valence-corrected chi connectivity index (χ3v) is 5.71. The minimum Gasteiger partial charge on any atom is -0.335 e. The van der Waals surface area contributed by atoms with Crippen molar-refractivity contribution in [1.82, 2.24) is 14.4 Å². The average Bonchev–Trinajstić information content (AvgIpc) is 2.75. The Bertz CT molecular complexity index is 1220. The minimum atomic E-state index is -0.506. The van der Waals surface area contributed by atoms with Crippen LogP contribution in [0.5, 0.6) is 0 Å². The number of rotatable bonds is 2. The summed E-state index contributed by atoms with van der Waals surface area (Å²) < 4.78 is 14.8. The van der Waals surface area contributed by atoms with E-state index in [0.717, 1.165) is 6.07 Å². The number of hydrogen-bond acceptors (Lipinski definition) is 3. The molecule has 1 saturated heterocycles. The van der Waals surface area contributed by atoms with Crippen molar-refractivity contribution in [3.8, 4) is 0 Å². The van der Waals surface area contributed by atoms with Crippen LogP contribution in [-0.4, -0.2) is 52.4 Å². The topological polar surface area (TPSA) is 62.6 Å². The number of carbonyl (C=O) groups is 2. The zero-order chi connectivity index (χ0) is 21.4. The number of amides is 2. The van der Waals surface area contributed by atoms with Crippen LogP contribution in [0.15, 0.2) is 53.3 Å². The molecule has 0 atom stereocenters. The highest BCUT2D eigenvalue weighted by Gasteiger charge is 2.27. The lowest BCUT2D eigenvalue weighted by Crippen LogP contribution is -2.50. The molecule has 2 heterocycles. The highest BCUT2D eigenvalue weighted by molar-refractivity contribution is 6.33. The van der Waals surface area contributed by atoms with Gasteiger partial charge in [-0.3, -0.25) is 14.4 Å². The quantitative estimate of drug-likeness (QED) is 0.631. The summed E-state index contributed by atoms with van der Waals surface area (Å²) in [5.74, 6) is -1.05. The molecule has 0 aliphatic carbocycles. The maximum Gasteiger partial charge on any atom is 0.255 e. The van der Waals surface area contributed by atoms with E-state index in [2.05, 4.69) is 0 Å². The summed E-state index contributed by atoms with van der Waals surface area (Å²) in [6.07, 6.45) is 0. The largest absolute Gasteiger partial charge is 0.335 e. The molecule has 154 valence electrons. The summed E-state index contributed by atoms with van der Waals surface area (Å²) in [4.78, 5) is 41.4. The first-order valence-electron chi connectivity index (χ1n) is 9.49. The van der Waals surface area contributed by atoms with Crippen molar-refractivity contribution < 1.29 is 14.0 Å². The normalized spacial score (nSPS) is 14.2. The van der Waals surface area contributed by atoms with E-state index in [1.165, 1.54) is 22.8 Å². The second-order valence-corrected chi connectivity index (χ2v) is 7.59. The molecule has 1 fully saturated rings. The van der Waals surface area contributed by atoms with Crippen molar-refractivity contribution in [1.29, 1.82) is 0 Å². The monoisotopic (exact) mass is 427 g/mol. The van der Waals surface area contributed by atoms with Gasteiger partial charge in [-0.25, -0.2) is 4.39 Å². The third kappa shape index (κ3) is 3.57. The molecule has 0 bridgehead atoms. The summed E-state index contributed by atoms with van der Waals surface area (Å²) in [7, 11) is 1.67. The molecular formula is C22H19ClFN3O3. The van der Waals surface area contributed by atoms with E-state index in [0.29, 0.717) is 42.6 Å². The van der Waals surface area contributed by atoms with Crippen molar-refractivity contribution in [3.63, 3.8) is 0 Å². The average molecular weight is 428 g/mol. The van der Waals surface area contributed by atoms with E-state index >= 15 is 0 Å². The van der Waals surface area contributed by atoms with E-state index in [9.17, 15) is 18.8 Å². The molecule has 4 rings (SSSR count). The standard InChI is InChI=1S/C22H19ClFN3O3/c1-25-19-5-3-2-4-15(19)17(13-20(25)28)22(30)27-10-8-26(9-11-27)21(29)16-7-6-14(24)12-18(16)23/h2-7,12-13H,8-11H2,1H3. The van der Waals surface area contributed by atoms with Gasteiger partial charge in [0.1, 0.15) is 5.82 Å². The van der Waals surface area contributed by atoms with Gasteiger partial charge in [0, 0.05) is 44.7 Å². The predicted octanol–water partition coefficient (Wildman–Crippen LogP) is 2.93. The zero-order valence-corrected chi connectivity index (χ0v) is 17.0. The molecule has 6 nitrogen and oxygen atoms in total. The number of nitrogens with zero attached hydrogens (tertiary/aromatic N) is 3. The molecule has 0 unspecified atom stereocenters. The van der Waals surface area contributed by atoms with Crippen molar-refractivity contribution >= 4 is 34.3 Å². The van der Waals surface area contributed by atoms with E-state index in [1.54, 1.807) is 22.9 Å². The second-order valence-electron chi connectivity index (χ2n) is 7.18. The first-order chi connectivity index (χ1) is 14.4. The Morgan fingerprint density at radius 3 is 2.13 bits per heavy atom. The van der Waals surface area contributed by atoms with E-state index < -0.39 is 5.82 Å². The van der Waals surface area contributed by atoms with Gasteiger partial charge < -0.3 is 14.4 Å². The SMILES string of the molecule is Cn1c(=O)cc(C(=O)N2CCN(C(=O)c3ccc(F)cc3Cl)CC2)c2ccccc21. The molecular weight excluding hydrogens is 409 g/mol. The Kier molecular flexibility index (Phi) is 5.30. The molecule has 2 aromatic carbocycles. The van der Waals surface area contributed by atoms with Crippen LogP contribution in [0.3, 0.4) is 0 Å². The lowest BCUT2D eigenvalue weighted by molar-refractivity contribution is 0.0536. The number of fused-ring (bicyclic) bond motifs is 1. The molecule has 1 aliphatic heterocycles. The van der Waals surface area contributed by atoms with E-state index in [1.807, 2.05) is 18.2 Å². The van der Waals surface area contributed by atoms with Gasteiger partial charge in [-0.2, -0.15) is 0 Å². The first kappa shape index (κ1) is 20.1. The number of aryl methyl sites for hydroxylation is 1. The number of hydrogen-bond donors (Lipinski definition) is 0. The van der Waals surface area contributed by atoms with Crippen molar-refractivity contribution in [3.05, 3.63) is 80.9 Å². The third-order valence-electron chi connectivity index (χ3n) is 5.40. The van der Waals surface area contributed by atoms with Crippen LogP contribution in [0.25, 0.3) is 10.9 Å². The fourth-order valence-corrected chi connectivity index (χ4v) is 3.95. The molecule has 0 N–H and O–H groups in total. The Morgan fingerprint density at radius 2 is 1.50 bits per heavy atom.